The van der Waals surface area contributed by atoms with E-state index >= 15 is 0 Å². The first-order valence-electron chi connectivity index (χ1n) is 6.55. The minimum atomic E-state index is -0.527. The standard InChI is InChI=1S/C13H13BrN4O3/c1-2-20-13(19)12-15-16-17-18(12)7-10-6-8-5-9(14)3-4-11(8)21-10/h3-5,10H,2,6-7H2,1H3. The van der Waals surface area contributed by atoms with Crippen LogP contribution in [-0.2, 0) is 17.7 Å². The van der Waals surface area contributed by atoms with E-state index in [0.717, 1.165) is 22.2 Å². The zero-order valence-corrected chi connectivity index (χ0v) is 12.9. The molecule has 8 heteroatoms. The van der Waals surface area contributed by atoms with E-state index in [9.17, 15) is 4.79 Å². The van der Waals surface area contributed by atoms with Gasteiger partial charge in [-0.2, -0.15) is 0 Å². The van der Waals surface area contributed by atoms with Crippen LogP contribution < -0.4 is 4.74 Å². The fourth-order valence-corrected chi connectivity index (χ4v) is 2.66. The highest BCUT2D eigenvalue weighted by atomic mass is 79.9. The molecule has 1 aliphatic heterocycles. The number of carbonyl (C=O) groups is 1. The van der Waals surface area contributed by atoms with Gasteiger partial charge in [0.05, 0.1) is 13.2 Å². The highest BCUT2D eigenvalue weighted by molar-refractivity contribution is 9.10. The van der Waals surface area contributed by atoms with E-state index in [2.05, 4.69) is 31.5 Å². The van der Waals surface area contributed by atoms with Crippen molar-refractivity contribution in [3.05, 3.63) is 34.1 Å². The minimum Gasteiger partial charge on any atom is -0.488 e. The Morgan fingerprint density at radius 3 is 3.24 bits per heavy atom. The molecule has 1 aliphatic rings. The molecule has 1 atom stereocenters. The number of hydrogen-bond donors (Lipinski definition) is 0. The fourth-order valence-electron chi connectivity index (χ4n) is 2.25. The minimum absolute atomic E-state index is 0.0950. The molecule has 110 valence electrons. The second kappa shape index (κ2) is 5.80. The molecule has 1 aromatic heterocycles. The van der Waals surface area contributed by atoms with Crippen molar-refractivity contribution in [3.8, 4) is 5.75 Å². The first-order valence-corrected chi connectivity index (χ1v) is 7.35. The lowest BCUT2D eigenvalue weighted by Gasteiger charge is -2.11. The van der Waals surface area contributed by atoms with E-state index in [-0.39, 0.29) is 18.5 Å². The van der Waals surface area contributed by atoms with Gasteiger partial charge in [0.25, 0.3) is 5.82 Å². The Balaban J connectivity index is 1.72. The lowest BCUT2D eigenvalue weighted by Crippen LogP contribution is -2.25. The average Bonchev–Trinajstić information content (AvgIpc) is 3.05. The van der Waals surface area contributed by atoms with E-state index in [4.69, 9.17) is 9.47 Å². The van der Waals surface area contributed by atoms with Crippen LogP contribution in [0.4, 0.5) is 0 Å². The highest BCUT2D eigenvalue weighted by Crippen LogP contribution is 2.31. The number of ether oxygens (including phenoxy) is 2. The van der Waals surface area contributed by atoms with Crippen molar-refractivity contribution >= 4 is 21.9 Å². The molecule has 3 rings (SSSR count). The summed E-state index contributed by atoms with van der Waals surface area (Å²) < 4.78 is 13.2. The predicted molar refractivity (Wildman–Crippen MR) is 76.0 cm³/mol. The summed E-state index contributed by atoms with van der Waals surface area (Å²) in [5.74, 6) is 0.423. The quantitative estimate of drug-likeness (QED) is 0.778. The number of hydrogen-bond acceptors (Lipinski definition) is 6. The number of tetrazole rings is 1. The molecule has 0 saturated heterocycles. The zero-order chi connectivity index (χ0) is 14.8. The maximum atomic E-state index is 11.7. The zero-order valence-electron chi connectivity index (χ0n) is 11.3. The van der Waals surface area contributed by atoms with Gasteiger partial charge in [-0.05, 0) is 41.1 Å². The summed E-state index contributed by atoms with van der Waals surface area (Å²) in [5, 5.41) is 11.1. The third-order valence-corrected chi connectivity index (χ3v) is 3.62. The summed E-state index contributed by atoms with van der Waals surface area (Å²) in [4.78, 5) is 11.7. The first kappa shape index (κ1) is 14.0. The molecule has 0 aliphatic carbocycles. The summed E-state index contributed by atoms with van der Waals surface area (Å²) in [6.07, 6.45) is 0.641. The average molecular weight is 353 g/mol. The van der Waals surface area contributed by atoms with E-state index in [1.165, 1.54) is 4.68 Å². The van der Waals surface area contributed by atoms with Crippen LogP contribution in [0.25, 0.3) is 0 Å². The molecule has 0 fully saturated rings. The lowest BCUT2D eigenvalue weighted by molar-refractivity contribution is 0.0501. The van der Waals surface area contributed by atoms with E-state index in [1.807, 2.05) is 18.2 Å². The number of benzene rings is 1. The second-order valence-corrected chi connectivity index (χ2v) is 5.52. The van der Waals surface area contributed by atoms with Crippen LogP contribution in [0.3, 0.4) is 0 Å². The topological polar surface area (TPSA) is 79.1 Å². The van der Waals surface area contributed by atoms with Crippen LogP contribution in [0.5, 0.6) is 5.75 Å². The summed E-state index contributed by atoms with van der Waals surface area (Å²) >= 11 is 3.44. The van der Waals surface area contributed by atoms with E-state index < -0.39 is 5.97 Å². The van der Waals surface area contributed by atoms with Crippen molar-refractivity contribution < 1.29 is 14.3 Å². The van der Waals surface area contributed by atoms with Gasteiger partial charge in [0.1, 0.15) is 11.9 Å². The van der Waals surface area contributed by atoms with E-state index in [1.54, 1.807) is 6.92 Å². The van der Waals surface area contributed by atoms with Gasteiger partial charge in [0, 0.05) is 10.9 Å². The third kappa shape index (κ3) is 2.90. The molecule has 7 nitrogen and oxygen atoms in total. The maximum absolute atomic E-state index is 11.7. The molecule has 0 amide bonds. The van der Waals surface area contributed by atoms with Gasteiger partial charge in [-0.25, -0.2) is 9.48 Å². The van der Waals surface area contributed by atoms with E-state index in [0.29, 0.717) is 6.54 Å². The van der Waals surface area contributed by atoms with Crippen molar-refractivity contribution in [2.45, 2.75) is 26.0 Å². The normalized spacial score (nSPS) is 16.4. The molecule has 0 radical (unpaired) electrons. The molecule has 2 heterocycles. The van der Waals surface area contributed by atoms with Crippen LogP contribution in [0.2, 0.25) is 0 Å². The third-order valence-electron chi connectivity index (χ3n) is 3.13. The molecule has 0 N–H and O–H groups in total. The van der Waals surface area contributed by atoms with Crippen LogP contribution in [0.15, 0.2) is 22.7 Å². The van der Waals surface area contributed by atoms with Crippen LogP contribution in [0, 0.1) is 0 Å². The van der Waals surface area contributed by atoms with Gasteiger partial charge in [0.15, 0.2) is 0 Å². The summed E-state index contributed by atoms with van der Waals surface area (Å²) in [6.45, 7) is 2.42. The Hall–Kier alpha value is -1.96. The number of esters is 1. The van der Waals surface area contributed by atoms with Crippen LogP contribution >= 0.6 is 15.9 Å². The molecular formula is C13H13BrN4O3. The summed E-state index contributed by atoms with van der Waals surface area (Å²) in [7, 11) is 0. The number of fused-ring (bicyclic) bond motifs is 1. The largest absolute Gasteiger partial charge is 0.488 e. The Morgan fingerprint density at radius 1 is 1.57 bits per heavy atom. The van der Waals surface area contributed by atoms with Gasteiger partial charge in [-0.3, -0.25) is 0 Å². The van der Waals surface area contributed by atoms with Crippen molar-refractivity contribution in [3.63, 3.8) is 0 Å². The predicted octanol–water partition coefficient (Wildman–Crippen LogP) is 1.62. The van der Waals surface area contributed by atoms with Crippen LogP contribution in [0.1, 0.15) is 23.1 Å². The second-order valence-electron chi connectivity index (χ2n) is 4.60. The summed E-state index contributed by atoms with van der Waals surface area (Å²) in [5.41, 5.74) is 1.13. The molecule has 0 saturated carbocycles. The number of rotatable bonds is 4. The van der Waals surface area contributed by atoms with Crippen molar-refractivity contribution in [2.75, 3.05) is 6.61 Å². The monoisotopic (exact) mass is 352 g/mol. The van der Waals surface area contributed by atoms with Crippen molar-refractivity contribution in [1.82, 2.24) is 20.2 Å². The number of nitrogens with zero attached hydrogens (tertiary/aromatic N) is 4. The molecule has 2 aromatic rings. The fraction of sp³-hybridized carbons (Fsp3) is 0.385. The number of aromatic nitrogens is 4. The van der Waals surface area contributed by atoms with Gasteiger partial charge < -0.3 is 9.47 Å². The van der Waals surface area contributed by atoms with Crippen molar-refractivity contribution in [2.24, 2.45) is 0 Å². The van der Waals surface area contributed by atoms with Gasteiger partial charge in [-0.1, -0.05) is 15.9 Å². The molecule has 1 unspecified atom stereocenters. The molecular weight excluding hydrogens is 340 g/mol. The van der Waals surface area contributed by atoms with Gasteiger partial charge >= 0.3 is 5.97 Å². The Labute approximate surface area is 129 Å². The maximum Gasteiger partial charge on any atom is 0.378 e. The lowest BCUT2D eigenvalue weighted by atomic mass is 10.1. The SMILES string of the molecule is CCOC(=O)c1nnnn1CC1Cc2cc(Br)ccc2O1. The van der Waals surface area contributed by atoms with Gasteiger partial charge in [-0.15, -0.1) is 5.10 Å². The molecule has 0 spiro atoms. The molecule has 21 heavy (non-hydrogen) atoms. The van der Waals surface area contributed by atoms with Gasteiger partial charge in [0.2, 0.25) is 0 Å². The Bertz CT molecular complexity index is 673. The highest BCUT2D eigenvalue weighted by Gasteiger charge is 2.26. The summed E-state index contributed by atoms with van der Waals surface area (Å²) in [6, 6.07) is 5.88. The Kier molecular flexibility index (Phi) is 3.87. The van der Waals surface area contributed by atoms with Crippen LogP contribution in [-0.4, -0.2) is 38.9 Å². The smallest absolute Gasteiger partial charge is 0.378 e. The number of carbonyl (C=O) groups excluding carboxylic acids is 1. The molecule has 0 bridgehead atoms. The Morgan fingerprint density at radius 2 is 2.43 bits per heavy atom. The molecule has 1 aromatic carbocycles. The van der Waals surface area contributed by atoms with Crippen molar-refractivity contribution in [1.29, 1.82) is 0 Å². The number of halogens is 1. The first-order chi connectivity index (χ1) is 10.2.